The Hall–Kier alpha value is -2.53. The van der Waals surface area contributed by atoms with E-state index in [2.05, 4.69) is 15.3 Å². The third-order valence-corrected chi connectivity index (χ3v) is 4.43. The minimum atomic E-state index is -0.0889. The van der Waals surface area contributed by atoms with Crippen molar-refractivity contribution in [3.63, 3.8) is 0 Å². The maximum absolute atomic E-state index is 12.3. The molecule has 0 saturated carbocycles. The zero-order chi connectivity index (χ0) is 15.4. The molecule has 1 N–H and O–H groups in total. The molecule has 5 heteroatoms. The van der Waals surface area contributed by atoms with Crippen LogP contribution in [-0.4, -0.2) is 15.9 Å². The summed E-state index contributed by atoms with van der Waals surface area (Å²) in [6.07, 6.45) is 3.43. The summed E-state index contributed by atoms with van der Waals surface area (Å²) < 4.78 is 0. The lowest BCUT2D eigenvalue weighted by atomic mass is 10.2. The molecule has 3 aromatic rings. The highest BCUT2D eigenvalue weighted by Crippen LogP contribution is 2.27. The van der Waals surface area contributed by atoms with Crippen LogP contribution in [0.25, 0.3) is 10.6 Å². The van der Waals surface area contributed by atoms with Gasteiger partial charge in [-0.15, -0.1) is 11.3 Å². The van der Waals surface area contributed by atoms with E-state index < -0.39 is 0 Å². The third kappa shape index (κ3) is 3.20. The molecule has 4 nitrogen and oxygen atoms in total. The second-order valence-electron chi connectivity index (χ2n) is 4.84. The molecule has 1 amide bonds. The summed E-state index contributed by atoms with van der Waals surface area (Å²) >= 11 is 1.42. The Morgan fingerprint density at radius 3 is 2.59 bits per heavy atom. The fourth-order valence-electron chi connectivity index (χ4n) is 2.07. The van der Waals surface area contributed by atoms with Gasteiger partial charge in [-0.25, -0.2) is 4.98 Å². The van der Waals surface area contributed by atoms with Crippen molar-refractivity contribution in [3.8, 4) is 10.6 Å². The minimum absolute atomic E-state index is 0.0889. The number of carbonyl (C=O) groups is 1. The van der Waals surface area contributed by atoms with E-state index in [0.29, 0.717) is 11.4 Å². The van der Waals surface area contributed by atoms with Gasteiger partial charge >= 0.3 is 0 Å². The van der Waals surface area contributed by atoms with Gasteiger partial charge in [0.15, 0.2) is 0 Å². The fraction of sp³-hybridized carbons (Fsp3) is 0.118. The molecule has 2 heterocycles. The zero-order valence-corrected chi connectivity index (χ0v) is 12.9. The number of thiazole rings is 1. The van der Waals surface area contributed by atoms with Crippen LogP contribution in [0.15, 0.2) is 54.9 Å². The monoisotopic (exact) mass is 309 g/mol. The topological polar surface area (TPSA) is 54.9 Å². The van der Waals surface area contributed by atoms with Crippen molar-refractivity contribution in [3.05, 3.63) is 71.0 Å². The molecule has 22 heavy (non-hydrogen) atoms. The Labute approximate surface area is 132 Å². The highest BCUT2D eigenvalue weighted by Gasteiger charge is 2.15. The minimum Gasteiger partial charge on any atom is -0.347 e. The largest absolute Gasteiger partial charge is 0.347 e. The summed E-state index contributed by atoms with van der Waals surface area (Å²) in [7, 11) is 0. The van der Waals surface area contributed by atoms with Gasteiger partial charge in [-0.2, -0.15) is 0 Å². The van der Waals surface area contributed by atoms with E-state index in [0.717, 1.165) is 21.8 Å². The van der Waals surface area contributed by atoms with Crippen molar-refractivity contribution in [2.45, 2.75) is 13.5 Å². The first-order valence-corrected chi connectivity index (χ1v) is 7.75. The van der Waals surface area contributed by atoms with Crippen LogP contribution in [0.2, 0.25) is 0 Å². The number of benzene rings is 1. The molecule has 0 aliphatic rings. The lowest BCUT2D eigenvalue weighted by molar-refractivity contribution is 0.0954. The Morgan fingerprint density at radius 1 is 1.14 bits per heavy atom. The number of rotatable bonds is 4. The van der Waals surface area contributed by atoms with Crippen LogP contribution in [0, 0.1) is 6.92 Å². The Balaban J connectivity index is 1.74. The van der Waals surface area contributed by atoms with Crippen molar-refractivity contribution < 1.29 is 4.79 Å². The second kappa shape index (κ2) is 6.49. The quantitative estimate of drug-likeness (QED) is 0.803. The van der Waals surface area contributed by atoms with Gasteiger partial charge < -0.3 is 5.32 Å². The number of hydrogen-bond acceptors (Lipinski definition) is 4. The van der Waals surface area contributed by atoms with Gasteiger partial charge in [-0.05, 0) is 24.6 Å². The van der Waals surface area contributed by atoms with E-state index in [-0.39, 0.29) is 5.91 Å². The third-order valence-electron chi connectivity index (χ3n) is 3.23. The molecule has 3 rings (SSSR count). The number of hydrogen-bond donors (Lipinski definition) is 1. The van der Waals surface area contributed by atoms with E-state index in [1.54, 1.807) is 12.4 Å². The van der Waals surface area contributed by atoms with E-state index >= 15 is 0 Å². The predicted octanol–water partition coefficient (Wildman–Crippen LogP) is 3.44. The standard InChI is InChI=1S/C17H15N3OS/c1-12-15(16(21)19-11-13-7-9-18-10-8-13)22-17(20-12)14-5-3-2-4-6-14/h2-10H,11H2,1H3,(H,19,21). The summed E-state index contributed by atoms with van der Waals surface area (Å²) in [5.41, 5.74) is 2.81. The SMILES string of the molecule is Cc1nc(-c2ccccc2)sc1C(=O)NCc1ccncc1. The van der Waals surface area contributed by atoms with Gasteiger partial charge in [0.25, 0.3) is 5.91 Å². The number of nitrogens with zero attached hydrogens (tertiary/aromatic N) is 2. The van der Waals surface area contributed by atoms with Gasteiger partial charge in [0.2, 0.25) is 0 Å². The van der Waals surface area contributed by atoms with Crippen molar-refractivity contribution in [1.29, 1.82) is 0 Å². The summed E-state index contributed by atoms with van der Waals surface area (Å²) in [6, 6.07) is 13.7. The predicted molar refractivity (Wildman–Crippen MR) is 87.7 cm³/mol. The van der Waals surface area contributed by atoms with Crippen LogP contribution in [0.4, 0.5) is 0 Å². The van der Waals surface area contributed by atoms with Crippen LogP contribution in [-0.2, 0) is 6.54 Å². The van der Waals surface area contributed by atoms with Crippen LogP contribution in [0.1, 0.15) is 20.9 Å². The first-order valence-electron chi connectivity index (χ1n) is 6.94. The lowest BCUT2D eigenvalue weighted by Gasteiger charge is -2.03. The summed E-state index contributed by atoms with van der Waals surface area (Å²) in [5, 5.41) is 3.79. The van der Waals surface area contributed by atoms with Gasteiger partial charge in [0, 0.05) is 24.5 Å². The number of aromatic nitrogens is 2. The van der Waals surface area contributed by atoms with E-state index in [9.17, 15) is 4.79 Å². The molecule has 0 fully saturated rings. The first kappa shape index (κ1) is 14.4. The van der Waals surface area contributed by atoms with Crippen molar-refractivity contribution in [2.24, 2.45) is 0 Å². The highest BCUT2D eigenvalue weighted by molar-refractivity contribution is 7.17. The normalized spacial score (nSPS) is 10.4. The molecule has 0 saturated heterocycles. The van der Waals surface area contributed by atoms with Gasteiger partial charge in [-0.3, -0.25) is 9.78 Å². The molecular weight excluding hydrogens is 294 g/mol. The maximum Gasteiger partial charge on any atom is 0.263 e. The highest BCUT2D eigenvalue weighted by atomic mass is 32.1. The molecular formula is C17H15N3OS. The van der Waals surface area contributed by atoms with E-state index in [4.69, 9.17) is 0 Å². The smallest absolute Gasteiger partial charge is 0.263 e. The number of amides is 1. The van der Waals surface area contributed by atoms with Gasteiger partial charge in [0.05, 0.1) is 5.69 Å². The molecule has 0 bridgehead atoms. The molecule has 110 valence electrons. The van der Waals surface area contributed by atoms with Crippen LogP contribution < -0.4 is 5.32 Å². The van der Waals surface area contributed by atoms with Crippen molar-refractivity contribution >= 4 is 17.2 Å². The lowest BCUT2D eigenvalue weighted by Crippen LogP contribution is -2.22. The molecule has 0 atom stereocenters. The molecule has 0 unspecified atom stereocenters. The molecule has 0 aliphatic heterocycles. The van der Waals surface area contributed by atoms with Crippen LogP contribution >= 0.6 is 11.3 Å². The number of carbonyl (C=O) groups excluding carboxylic acids is 1. The molecule has 0 spiro atoms. The first-order chi connectivity index (χ1) is 10.7. The molecule has 1 aromatic carbocycles. The zero-order valence-electron chi connectivity index (χ0n) is 12.1. The number of aryl methyl sites for hydroxylation is 1. The summed E-state index contributed by atoms with van der Waals surface area (Å²) in [4.78, 5) is 21.5. The van der Waals surface area contributed by atoms with Crippen molar-refractivity contribution in [1.82, 2.24) is 15.3 Å². The second-order valence-corrected chi connectivity index (χ2v) is 5.84. The number of pyridine rings is 1. The van der Waals surface area contributed by atoms with Gasteiger partial charge in [-0.1, -0.05) is 30.3 Å². The van der Waals surface area contributed by atoms with E-state index in [1.165, 1.54) is 11.3 Å². The van der Waals surface area contributed by atoms with Crippen molar-refractivity contribution in [2.75, 3.05) is 0 Å². The van der Waals surface area contributed by atoms with Gasteiger partial charge in [0.1, 0.15) is 9.88 Å². The van der Waals surface area contributed by atoms with E-state index in [1.807, 2.05) is 49.4 Å². The average molecular weight is 309 g/mol. The summed E-state index contributed by atoms with van der Waals surface area (Å²) in [6.45, 7) is 2.35. The molecule has 0 radical (unpaired) electrons. The van der Waals surface area contributed by atoms with Crippen LogP contribution in [0.5, 0.6) is 0 Å². The van der Waals surface area contributed by atoms with Crippen LogP contribution in [0.3, 0.4) is 0 Å². The Morgan fingerprint density at radius 2 is 1.86 bits per heavy atom. The summed E-state index contributed by atoms with van der Waals surface area (Å²) in [5.74, 6) is -0.0889. The average Bonchev–Trinajstić information content (AvgIpc) is 2.96. The molecule has 0 aliphatic carbocycles. The fourth-order valence-corrected chi connectivity index (χ4v) is 3.06. The Kier molecular flexibility index (Phi) is 4.25. The molecule has 2 aromatic heterocycles. The number of nitrogens with one attached hydrogen (secondary N) is 1. The Bertz CT molecular complexity index is 769. The maximum atomic E-state index is 12.3.